The molecule has 1 heterocycles. The average Bonchev–Trinajstić information content (AvgIpc) is 2.83. The highest BCUT2D eigenvalue weighted by Gasteiger charge is 2.21. The highest BCUT2D eigenvalue weighted by Crippen LogP contribution is 2.24. The van der Waals surface area contributed by atoms with Crippen molar-refractivity contribution >= 4 is 23.4 Å². The lowest BCUT2D eigenvalue weighted by atomic mass is 10.2. The van der Waals surface area contributed by atoms with E-state index >= 15 is 0 Å². The topological polar surface area (TPSA) is 78.9 Å². The van der Waals surface area contributed by atoms with Crippen LogP contribution in [0.3, 0.4) is 0 Å². The van der Waals surface area contributed by atoms with Gasteiger partial charge in [0.25, 0.3) is 0 Å². The first-order valence-corrected chi connectivity index (χ1v) is 6.16. The molecule has 1 aliphatic heterocycles. The van der Waals surface area contributed by atoms with Crippen LogP contribution in [0.5, 0.6) is 0 Å². The number of nitrogens with one attached hydrogen (secondary N) is 1. The Bertz CT molecular complexity index is 475. The fourth-order valence-corrected chi connectivity index (χ4v) is 1.96. The number of hydrogen-bond acceptors (Lipinski definition) is 4. The number of carbonyl (C=O) groups excluding carboxylic acids is 2. The van der Waals surface area contributed by atoms with Gasteiger partial charge in [0.15, 0.2) is 0 Å². The average molecular weight is 264 g/mol. The number of ether oxygens (including phenoxy) is 1. The predicted octanol–water partition coefficient (Wildman–Crippen LogP) is 1.35. The van der Waals surface area contributed by atoms with Crippen LogP contribution in [-0.4, -0.2) is 36.9 Å². The summed E-state index contributed by atoms with van der Waals surface area (Å²) in [5.74, 6) is 0.0972. The zero-order chi connectivity index (χ0) is 13.7. The minimum absolute atomic E-state index is 0.0455. The van der Waals surface area contributed by atoms with E-state index in [4.69, 9.17) is 9.84 Å². The van der Waals surface area contributed by atoms with Crippen LogP contribution < -0.4 is 10.2 Å². The zero-order valence-electron chi connectivity index (χ0n) is 10.5. The number of amides is 2. The monoisotopic (exact) mass is 264 g/mol. The number of aliphatic hydroxyl groups is 1. The van der Waals surface area contributed by atoms with E-state index in [1.807, 2.05) is 6.07 Å². The Balaban J connectivity index is 2.02. The first-order chi connectivity index (χ1) is 9.20. The van der Waals surface area contributed by atoms with Crippen LogP contribution in [0.2, 0.25) is 0 Å². The number of aliphatic hydroxyl groups excluding tert-OH is 1. The molecule has 0 aromatic heterocycles. The van der Waals surface area contributed by atoms with E-state index in [-0.39, 0.29) is 19.1 Å². The molecule has 2 N–H and O–H groups in total. The van der Waals surface area contributed by atoms with Gasteiger partial charge in [-0.25, -0.2) is 4.79 Å². The molecule has 0 saturated carbocycles. The lowest BCUT2D eigenvalue weighted by Crippen LogP contribution is -2.23. The maximum absolute atomic E-state index is 11.6. The predicted molar refractivity (Wildman–Crippen MR) is 70.1 cm³/mol. The molecule has 0 aliphatic carbocycles. The Morgan fingerprint density at radius 3 is 3.00 bits per heavy atom. The van der Waals surface area contributed by atoms with Crippen LogP contribution in [0.1, 0.15) is 12.8 Å². The van der Waals surface area contributed by atoms with Crippen LogP contribution >= 0.6 is 0 Å². The number of hydrogen-bond donors (Lipinski definition) is 2. The molecule has 0 radical (unpaired) electrons. The first-order valence-electron chi connectivity index (χ1n) is 6.16. The molecule has 1 aromatic carbocycles. The molecule has 1 saturated heterocycles. The molecule has 1 fully saturated rings. The van der Waals surface area contributed by atoms with Crippen molar-refractivity contribution in [1.29, 1.82) is 0 Å². The summed E-state index contributed by atoms with van der Waals surface area (Å²) in [5.41, 5.74) is 1.32. The summed E-state index contributed by atoms with van der Waals surface area (Å²) in [6.45, 7) is 0.448. The van der Waals surface area contributed by atoms with Gasteiger partial charge in [-0.05, 0) is 24.6 Å². The number of anilines is 2. The van der Waals surface area contributed by atoms with E-state index < -0.39 is 6.09 Å². The molecule has 2 amide bonds. The van der Waals surface area contributed by atoms with Gasteiger partial charge in [-0.15, -0.1) is 0 Å². The third-order valence-electron chi connectivity index (χ3n) is 2.80. The quantitative estimate of drug-likeness (QED) is 0.860. The van der Waals surface area contributed by atoms with E-state index in [0.29, 0.717) is 18.7 Å². The molecule has 0 atom stereocenters. The van der Waals surface area contributed by atoms with E-state index in [0.717, 1.165) is 12.1 Å². The summed E-state index contributed by atoms with van der Waals surface area (Å²) in [6.07, 6.45) is 0.796. The molecule has 2 rings (SSSR count). The van der Waals surface area contributed by atoms with Crippen molar-refractivity contribution in [2.45, 2.75) is 12.8 Å². The summed E-state index contributed by atoms with van der Waals surface area (Å²) < 4.78 is 4.70. The van der Waals surface area contributed by atoms with Crippen LogP contribution in [0.25, 0.3) is 0 Å². The normalized spacial score (nSPS) is 14.6. The molecule has 6 heteroatoms. The van der Waals surface area contributed by atoms with Crippen molar-refractivity contribution in [3.05, 3.63) is 24.3 Å². The van der Waals surface area contributed by atoms with Gasteiger partial charge in [0.05, 0.1) is 6.61 Å². The zero-order valence-corrected chi connectivity index (χ0v) is 10.5. The smallest absolute Gasteiger partial charge is 0.411 e. The van der Waals surface area contributed by atoms with Gasteiger partial charge in [0.1, 0.15) is 6.61 Å². The second-order valence-electron chi connectivity index (χ2n) is 4.18. The van der Waals surface area contributed by atoms with E-state index in [1.165, 1.54) is 0 Å². The second-order valence-corrected chi connectivity index (χ2v) is 4.18. The van der Waals surface area contributed by atoms with Gasteiger partial charge in [-0.3, -0.25) is 10.1 Å². The van der Waals surface area contributed by atoms with Crippen molar-refractivity contribution in [2.24, 2.45) is 0 Å². The Labute approximate surface area is 111 Å². The Kier molecular flexibility index (Phi) is 4.35. The summed E-state index contributed by atoms with van der Waals surface area (Å²) in [6, 6.07) is 7.03. The Morgan fingerprint density at radius 2 is 2.32 bits per heavy atom. The molecule has 19 heavy (non-hydrogen) atoms. The number of benzene rings is 1. The molecule has 1 aromatic rings. The lowest BCUT2D eigenvalue weighted by molar-refractivity contribution is -0.117. The fourth-order valence-electron chi connectivity index (χ4n) is 1.96. The first kappa shape index (κ1) is 13.4. The Morgan fingerprint density at radius 1 is 1.47 bits per heavy atom. The lowest BCUT2D eigenvalue weighted by Gasteiger charge is -2.16. The van der Waals surface area contributed by atoms with Crippen LogP contribution in [0.15, 0.2) is 24.3 Å². The van der Waals surface area contributed by atoms with Crippen molar-refractivity contribution < 1.29 is 19.4 Å². The van der Waals surface area contributed by atoms with E-state index in [9.17, 15) is 9.59 Å². The van der Waals surface area contributed by atoms with Crippen molar-refractivity contribution in [3.8, 4) is 0 Å². The van der Waals surface area contributed by atoms with Gasteiger partial charge < -0.3 is 14.7 Å². The summed E-state index contributed by atoms with van der Waals surface area (Å²) in [4.78, 5) is 24.7. The third-order valence-corrected chi connectivity index (χ3v) is 2.80. The molecule has 0 unspecified atom stereocenters. The number of rotatable bonds is 4. The van der Waals surface area contributed by atoms with Crippen molar-refractivity contribution in [2.75, 3.05) is 30.0 Å². The van der Waals surface area contributed by atoms with E-state index in [1.54, 1.807) is 23.1 Å². The van der Waals surface area contributed by atoms with Crippen LogP contribution in [0.4, 0.5) is 16.2 Å². The third kappa shape index (κ3) is 3.45. The molecular formula is C13H16N2O4. The molecule has 102 valence electrons. The van der Waals surface area contributed by atoms with Gasteiger partial charge in [-0.1, -0.05) is 6.07 Å². The van der Waals surface area contributed by atoms with Gasteiger partial charge in [-0.2, -0.15) is 0 Å². The van der Waals surface area contributed by atoms with Crippen molar-refractivity contribution in [1.82, 2.24) is 0 Å². The summed E-state index contributed by atoms with van der Waals surface area (Å²) in [7, 11) is 0. The summed E-state index contributed by atoms with van der Waals surface area (Å²) >= 11 is 0. The number of nitrogens with zero attached hydrogens (tertiary/aromatic N) is 1. The van der Waals surface area contributed by atoms with E-state index in [2.05, 4.69) is 5.32 Å². The molecule has 1 aliphatic rings. The Hall–Kier alpha value is -2.08. The largest absolute Gasteiger partial charge is 0.447 e. The maximum atomic E-state index is 11.6. The van der Waals surface area contributed by atoms with Gasteiger partial charge >= 0.3 is 6.09 Å². The standard InChI is InChI=1S/C13H16N2O4/c16-7-8-19-13(18)14-10-3-1-4-11(9-10)15-6-2-5-12(15)17/h1,3-4,9,16H,2,5-8H2,(H,14,18). The fraction of sp³-hybridized carbons (Fsp3) is 0.385. The van der Waals surface area contributed by atoms with Gasteiger partial charge in [0, 0.05) is 24.3 Å². The molecule has 6 nitrogen and oxygen atoms in total. The molecule has 0 bridgehead atoms. The van der Waals surface area contributed by atoms with Crippen molar-refractivity contribution in [3.63, 3.8) is 0 Å². The SMILES string of the molecule is O=C(Nc1cccc(N2CCCC2=O)c1)OCCO. The van der Waals surface area contributed by atoms with Crippen LogP contribution in [-0.2, 0) is 9.53 Å². The highest BCUT2D eigenvalue weighted by atomic mass is 16.6. The number of carbonyl (C=O) groups is 2. The van der Waals surface area contributed by atoms with Gasteiger partial charge in [0.2, 0.25) is 5.91 Å². The molecule has 0 spiro atoms. The second kappa shape index (κ2) is 6.19. The van der Waals surface area contributed by atoms with Crippen LogP contribution in [0, 0.1) is 0 Å². The molecular weight excluding hydrogens is 248 g/mol. The summed E-state index contributed by atoms with van der Waals surface area (Å²) in [5, 5.41) is 11.1. The maximum Gasteiger partial charge on any atom is 0.411 e. The minimum atomic E-state index is -0.626. The highest BCUT2D eigenvalue weighted by molar-refractivity contribution is 5.96. The minimum Gasteiger partial charge on any atom is -0.447 e.